The number of hydrogen-bond donors (Lipinski definition) is 1. The van der Waals surface area contributed by atoms with Crippen molar-refractivity contribution in [2.45, 2.75) is 45.6 Å². The van der Waals surface area contributed by atoms with Gasteiger partial charge in [-0.1, -0.05) is 6.42 Å². The van der Waals surface area contributed by atoms with Crippen LogP contribution in [0.1, 0.15) is 40.0 Å². The van der Waals surface area contributed by atoms with E-state index >= 15 is 0 Å². The standard InChI is InChI=1S/C13H23NO3S/c1-13(2,3)17-12(16)14-7-8-18-9-11(15)10-5-4-6-10/h10H,4-9H2,1-3H3,(H,14,16). The highest BCUT2D eigenvalue weighted by Gasteiger charge is 2.24. The molecule has 0 bridgehead atoms. The summed E-state index contributed by atoms with van der Waals surface area (Å²) in [5.74, 6) is 2.00. The summed E-state index contributed by atoms with van der Waals surface area (Å²) in [5, 5.41) is 2.68. The van der Waals surface area contributed by atoms with Crippen LogP contribution in [-0.4, -0.2) is 35.5 Å². The number of rotatable bonds is 6. The van der Waals surface area contributed by atoms with Crippen molar-refractivity contribution in [1.82, 2.24) is 5.32 Å². The fraction of sp³-hybridized carbons (Fsp3) is 0.846. The van der Waals surface area contributed by atoms with Gasteiger partial charge in [0.2, 0.25) is 0 Å². The Bertz CT molecular complexity index is 295. The van der Waals surface area contributed by atoms with Gasteiger partial charge in [-0.3, -0.25) is 4.79 Å². The lowest BCUT2D eigenvalue weighted by molar-refractivity contribution is -0.122. The Labute approximate surface area is 113 Å². The second-order valence-corrected chi connectivity index (χ2v) is 6.68. The second kappa shape index (κ2) is 7.02. The smallest absolute Gasteiger partial charge is 0.407 e. The summed E-state index contributed by atoms with van der Waals surface area (Å²) in [6.45, 7) is 6.04. The van der Waals surface area contributed by atoms with E-state index < -0.39 is 11.7 Å². The quantitative estimate of drug-likeness (QED) is 0.756. The first kappa shape index (κ1) is 15.3. The summed E-state index contributed by atoms with van der Waals surface area (Å²) in [4.78, 5) is 22.9. The fourth-order valence-corrected chi connectivity index (χ4v) is 2.39. The molecule has 1 N–H and O–H groups in total. The van der Waals surface area contributed by atoms with Gasteiger partial charge in [0.1, 0.15) is 11.4 Å². The summed E-state index contributed by atoms with van der Waals surface area (Å²) < 4.78 is 5.10. The third-order valence-corrected chi connectivity index (χ3v) is 3.70. The molecular formula is C13H23NO3S. The molecule has 1 fully saturated rings. The Kier molecular flexibility index (Phi) is 5.99. The van der Waals surface area contributed by atoms with E-state index in [-0.39, 0.29) is 0 Å². The van der Waals surface area contributed by atoms with Crippen molar-refractivity contribution in [2.24, 2.45) is 5.92 Å². The van der Waals surface area contributed by atoms with Crippen molar-refractivity contribution in [3.8, 4) is 0 Å². The lowest BCUT2D eigenvalue weighted by Gasteiger charge is -2.23. The van der Waals surface area contributed by atoms with Crippen molar-refractivity contribution in [3.05, 3.63) is 0 Å². The van der Waals surface area contributed by atoms with Crippen LogP contribution in [0.2, 0.25) is 0 Å². The average Bonchev–Trinajstić information content (AvgIpc) is 2.11. The van der Waals surface area contributed by atoms with Crippen LogP contribution in [0.4, 0.5) is 4.79 Å². The van der Waals surface area contributed by atoms with Crippen LogP contribution in [0.5, 0.6) is 0 Å². The van der Waals surface area contributed by atoms with Crippen LogP contribution < -0.4 is 5.32 Å². The first-order valence-corrected chi connectivity index (χ1v) is 7.61. The molecule has 0 spiro atoms. The zero-order valence-corrected chi connectivity index (χ0v) is 12.3. The Balaban J connectivity index is 1.98. The minimum atomic E-state index is -0.461. The number of carbonyl (C=O) groups excluding carboxylic acids is 2. The molecule has 0 aromatic heterocycles. The molecule has 0 atom stereocenters. The van der Waals surface area contributed by atoms with Gasteiger partial charge < -0.3 is 10.1 Å². The molecule has 0 aromatic rings. The van der Waals surface area contributed by atoms with Crippen LogP contribution in [-0.2, 0) is 9.53 Å². The topological polar surface area (TPSA) is 55.4 Å². The number of ether oxygens (including phenoxy) is 1. The van der Waals surface area contributed by atoms with Crippen LogP contribution in [0, 0.1) is 5.92 Å². The van der Waals surface area contributed by atoms with Crippen molar-refractivity contribution < 1.29 is 14.3 Å². The van der Waals surface area contributed by atoms with E-state index in [1.165, 1.54) is 6.42 Å². The zero-order chi connectivity index (χ0) is 13.6. The third kappa shape index (κ3) is 6.28. The molecule has 0 aliphatic heterocycles. The third-order valence-electron chi connectivity index (χ3n) is 2.72. The highest BCUT2D eigenvalue weighted by molar-refractivity contribution is 7.99. The number of carbonyl (C=O) groups is 2. The van der Waals surface area contributed by atoms with Gasteiger partial charge in [-0.05, 0) is 33.6 Å². The monoisotopic (exact) mass is 273 g/mol. The van der Waals surface area contributed by atoms with Gasteiger partial charge in [0.15, 0.2) is 0 Å². The molecule has 1 saturated carbocycles. The lowest BCUT2D eigenvalue weighted by atomic mass is 9.83. The SMILES string of the molecule is CC(C)(C)OC(=O)NCCSCC(=O)C1CCC1. The highest BCUT2D eigenvalue weighted by Crippen LogP contribution is 2.28. The first-order valence-electron chi connectivity index (χ1n) is 6.46. The molecule has 4 nitrogen and oxygen atoms in total. The molecule has 1 amide bonds. The average molecular weight is 273 g/mol. The molecule has 1 aliphatic carbocycles. The van der Waals surface area contributed by atoms with Crippen molar-refractivity contribution in [3.63, 3.8) is 0 Å². The maximum atomic E-state index is 11.6. The van der Waals surface area contributed by atoms with Crippen molar-refractivity contribution in [2.75, 3.05) is 18.1 Å². The molecule has 1 rings (SSSR count). The molecule has 0 aromatic carbocycles. The maximum Gasteiger partial charge on any atom is 0.407 e. The molecule has 1 aliphatic rings. The van der Waals surface area contributed by atoms with Crippen molar-refractivity contribution in [1.29, 1.82) is 0 Å². The Morgan fingerprint density at radius 2 is 2.00 bits per heavy atom. The predicted octanol–water partition coefficient (Wildman–Crippen LogP) is 2.61. The maximum absolute atomic E-state index is 11.6. The Morgan fingerprint density at radius 1 is 1.33 bits per heavy atom. The summed E-state index contributed by atoms with van der Waals surface area (Å²) in [6.07, 6.45) is 2.93. The molecule has 5 heteroatoms. The molecule has 104 valence electrons. The predicted molar refractivity (Wildman–Crippen MR) is 73.9 cm³/mol. The van der Waals surface area contributed by atoms with Gasteiger partial charge >= 0.3 is 6.09 Å². The number of nitrogens with one attached hydrogen (secondary N) is 1. The Morgan fingerprint density at radius 3 is 2.50 bits per heavy atom. The van der Waals surface area contributed by atoms with Gasteiger partial charge in [-0.2, -0.15) is 11.8 Å². The fourth-order valence-electron chi connectivity index (χ4n) is 1.56. The second-order valence-electron chi connectivity index (χ2n) is 5.58. The van der Waals surface area contributed by atoms with E-state index in [0.29, 0.717) is 24.0 Å². The Hall–Kier alpha value is -0.710. The van der Waals surface area contributed by atoms with Crippen LogP contribution in [0.25, 0.3) is 0 Å². The van der Waals surface area contributed by atoms with Gasteiger partial charge in [0.25, 0.3) is 0 Å². The highest BCUT2D eigenvalue weighted by atomic mass is 32.2. The van der Waals surface area contributed by atoms with Crippen LogP contribution >= 0.6 is 11.8 Å². The number of hydrogen-bond acceptors (Lipinski definition) is 4. The summed E-state index contributed by atoms with van der Waals surface area (Å²) >= 11 is 1.58. The van der Waals surface area contributed by atoms with E-state index in [0.717, 1.165) is 18.6 Å². The lowest BCUT2D eigenvalue weighted by Crippen LogP contribution is -2.33. The van der Waals surface area contributed by atoms with Gasteiger partial charge in [0.05, 0.1) is 5.75 Å². The van der Waals surface area contributed by atoms with Gasteiger partial charge in [-0.25, -0.2) is 4.79 Å². The van der Waals surface area contributed by atoms with Crippen LogP contribution in [0.3, 0.4) is 0 Å². The number of thioether (sulfide) groups is 1. The summed E-state index contributed by atoms with van der Waals surface area (Å²) in [5.41, 5.74) is -0.461. The number of amides is 1. The molecule has 18 heavy (non-hydrogen) atoms. The summed E-state index contributed by atoms with van der Waals surface area (Å²) in [6, 6.07) is 0. The molecule has 0 radical (unpaired) electrons. The van der Waals surface area contributed by atoms with Crippen LogP contribution in [0.15, 0.2) is 0 Å². The largest absolute Gasteiger partial charge is 0.444 e. The normalized spacial score (nSPS) is 15.9. The minimum Gasteiger partial charge on any atom is -0.444 e. The van der Waals surface area contributed by atoms with Gasteiger partial charge in [0, 0.05) is 18.2 Å². The first-order chi connectivity index (χ1) is 8.38. The number of alkyl carbamates (subject to hydrolysis) is 1. The summed E-state index contributed by atoms with van der Waals surface area (Å²) in [7, 11) is 0. The molecule has 0 unspecified atom stereocenters. The van der Waals surface area contributed by atoms with E-state index in [2.05, 4.69) is 5.32 Å². The van der Waals surface area contributed by atoms with E-state index in [1.54, 1.807) is 11.8 Å². The van der Waals surface area contributed by atoms with Crippen molar-refractivity contribution >= 4 is 23.6 Å². The molecular weight excluding hydrogens is 250 g/mol. The molecule has 0 saturated heterocycles. The minimum absolute atomic E-state index is 0.316. The number of ketones is 1. The van der Waals surface area contributed by atoms with Gasteiger partial charge in [-0.15, -0.1) is 0 Å². The van der Waals surface area contributed by atoms with E-state index in [1.807, 2.05) is 20.8 Å². The number of Topliss-reactive ketones (excluding diaryl/α,β-unsaturated/α-hetero) is 1. The molecule has 0 heterocycles. The van der Waals surface area contributed by atoms with E-state index in [4.69, 9.17) is 4.74 Å². The zero-order valence-electron chi connectivity index (χ0n) is 11.5. The van der Waals surface area contributed by atoms with E-state index in [9.17, 15) is 9.59 Å².